The molecule has 166 valence electrons. The maximum Gasteiger partial charge on any atom is 0.267 e. The number of hydrogen-bond acceptors (Lipinski definition) is 4. The molecule has 2 heterocycles. The number of carbonyl (C=O) groups is 3. The van der Waals surface area contributed by atoms with Crippen LogP contribution in [0.1, 0.15) is 46.7 Å². The second-order valence-electron chi connectivity index (χ2n) is 7.01. The monoisotopic (exact) mass is 426 g/mol. The van der Waals surface area contributed by atoms with Gasteiger partial charge in [0.1, 0.15) is 5.75 Å². The SMILES string of the molecule is C=C(NC(=O)c1c(C)c(C)n(C)c1C)C(=O)NCc1ccc2c(c1)NC(=O)CO2.CC. The van der Waals surface area contributed by atoms with E-state index in [9.17, 15) is 14.4 Å². The summed E-state index contributed by atoms with van der Waals surface area (Å²) in [4.78, 5) is 36.4. The van der Waals surface area contributed by atoms with E-state index >= 15 is 0 Å². The van der Waals surface area contributed by atoms with Crippen LogP contribution in [0.2, 0.25) is 0 Å². The van der Waals surface area contributed by atoms with E-state index in [2.05, 4.69) is 22.5 Å². The van der Waals surface area contributed by atoms with Crippen LogP contribution in [0.5, 0.6) is 5.75 Å². The minimum atomic E-state index is -0.487. The first-order chi connectivity index (χ1) is 14.7. The number of nitrogens with zero attached hydrogens (tertiary/aromatic N) is 1. The van der Waals surface area contributed by atoms with Crippen molar-refractivity contribution in [1.82, 2.24) is 15.2 Å². The van der Waals surface area contributed by atoms with Gasteiger partial charge in [-0.05, 0) is 44.0 Å². The van der Waals surface area contributed by atoms with Crippen molar-refractivity contribution in [3.05, 3.63) is 58.6 Å². The van der Waals surface area contributed by atoms with E-state index in [0.717, 1.165) is 22.5 Å². The molecule has 2 aromatic rings. The summed E-state index contributed by atoms with van der Waals surface area (Å²) in [6.45, 7) is 13.5. The highest BCUT2D eigenvalue weighted by atomic mass is 16.5. The normalized spacial score (nSPS) is 11.9. The molecule has 3 amide bonds. The average molecular weight is 427 g/mol. The number of benzene rings is 1. The Morgan fingerprint density at radius 2 is 1.87 bits per heavy atom. The van der Waals surface area contributed by atoms with E-state index in [1.165, 1.54) is 0 Å². The van der Waals surface area contributed by atoms with Gasteiger partial charge < -0.3 is 25.3 Å². The number of rotatable bonds is 5. The van der Waals surface area contributed by atoms with Gasteiger partial charge in [-0.3, -0.25) is 14.4 Å². The highest BCUT2D eigenvalue weighted by molar-refractivity contribution is 6.04. The van der Waals surface area contributed by atoms with Crippen LogP contribution in [-0.4, -0.2) is 28.9 Å². The summed E-state index contributed by atoms with van der Waals surface area (Å²) in [6.07, 6.45) is 0. The van der Waals surface area contributed by atoms with Crippen molar-refractivity contribution >= 4 is 23.4 Å². The Kier molecular flexibility index (Phi) is 7.63. The van der Waals surface area contributed by atoms with Gasteiger partial charge in [0.2, 0.25) is 0 Å². The molecule has 1 aromatic heterocycles. The lowest BCUT2D eigenvalue weighted by Gasteiger charge is -2.18. The van der Waals surface area contributed by atoms with Gasteiger partial charge in [0.05, 0.1) is 16.9 Å². The molecule has 1 aromatic carbocycles. The topological polar surface area (TPSA) is 101 Å². The van der Waals surface area contributed by atoms with Crippen LogP contribution in [0, 0.1) is 20.8 Å². The standard InChI is InChI=1S/C21H24N4O4.C2H6/c1-11-13(3)25(5)14(4)19(11)21(28)23-12(2)20(27)22-9-15-6-7-17-16(8-15)24-18(26)10-29-17;1-2/h6-8H,2,9-10H2,1,3-5H3,(H,22,27)(H,23,28)(H,24,26);1-2H3. The average Bonchev–Trinajstić information content (AvgIpc) is 2.95. The van der Waals surface area contributed by atoms with E-state index in [0.29, 0.717) is 17.0 Å². The zero-order valence-electron chi connectivity index (χ0n) is 18.9. The van der Waals surface area contributed by atoms with Crippen molar-refractivity contribution in [3.63, 3.8) is 0 Å². The number of ether oxygens (including phenoxy) is 1. The molecule has 0 fully saturated rings. The molecule has 0 aliphatic carbocycles. The first-order valence-corrected chi connectivity index (χ1v) is 10.2. The lowest BCUT2D eigenvalue weighted by atomic mass is 10.1. The van der Waals surface area contributed by atoms with E-state index < -0.39 is 5.91 Å². The van der Waals surface area contributed by atoms with Crippen molar-refractivity contribution < 1.29 is 19.1 Å². The Balaban J connectivity index is 0.00000166. The van der Waals surface area contributed by atoms with Crippen LogP contribution < -0.4 is 20.7 Å². The molecular weight excluding hydrogens is 396 g/mol. The summed E-state index contributed by atoms with van der Waals surface area (Å²) >= 11 is 0. The zero-order chi connectivity index (χ0) is 23.3. The van der Waals surface area contributed by atoms with Crippen LogP contribution in [0.3, 0.4) is 0 Å². The minimum Gasteiger partial charge on any atom is -0.482 e. The Morgan fingerprint density at radius 3 is 2.48 bits per heavy atom. The number of anilines is 1. The highest BCUT2D eigenvalue weighted by Gasteiger charge is 2.21. The molecule has 8 nitrogen and oxygen atoms in total. The Bertz CT molecular complexity index is 1010. The largest absolute Gasteiger partial charge is 0.482 e. The van der Waals surface area contributed by atoms with Crippen molar-refractivity contribution in [3.8, 4) is 5.75 Å². The number of carbonyl (C=O) groups excluding carboxylic acids is 3. The fraction of sp³-hybridized carbons (Fsp3) is 0.348. The van der Waals surface area contributed by atoms with Crippen LogP contribution in [0.15, 0.2) is 30.5 Å². The smallest absolute Gasteiger partial charge is 0.267 e. The molecule has 1 aliphatic heterocycles. The predicted molar refractivity (Wildman–Crippen MR) is 120 cm³/mol. The van der Waals surface area contributed by atoms with Crippen LogP contribution in [0.25, 0.3) is 0 Å². The number of fused-ring (bicyclic) bond motifs is 1. The fourth-order valence-corrected chi connectivity index (χ4v) is 3.24. The van der Waals surface area contributed by atoms with Crippen LogP contribution in [-0.2, 0) is 23.2 Å². The molecule has 31 heavy (non-hydrogen) atoms. The fourth-order valence-electron chi connectivity index (χ4n) is 3.24. The molecule has 0 spiro atoms. The van der Waals surface area contributed by atoms with Gasteiger partial charge in [-0.2, -0.15) is 0 Å². The van der Waals surface area contributed by atoms with Crippen molar-refractivity contribution in [2.45, 2.75) is 41.2 Å². The minimum absolute atomic E-state index is 0.0114. The highest BCUT2D eigenvalue weighted by Crippen LogP contribution is 2.28. The summed E-state index contributed by atoms with van der Waals surface area (Å²) in [5, 5.41) is 8.00. The van der Waals surface area contributed by atoms with Gasteiger partial charge in [-0.25, -0.2) is 0 Å². The lowest BCUT2D eigenvalue weighted by Crippen LogP contribution is -2.34. The van der Waals surface area contributed by atoms with Crippen molar-refractivity contribution in [2.75, 3.05) is 11.9 Å². The molecule has 3 N–H and O–H groups in total. The van der Waals surface area contributed by atoms with Gasteiger partial charge in [-0.1, -0.05) is 26.5 Å². The van der Waals surface area contributed by atoms with E-state index in [1.807, 2.05) is 46.2 Å². The molecule has 0 unspecified atom stereocenters. The summed E-state index contributed by atoms with van der Waals surface area (Å²) in [5.41, 5.74) is 4.52. The molecule has 0 atom stereocenters. The van der Waals surface area contributed by atoms with Crippen molar-refractivity contribution in [2.24, 2.45) is 7.05 Å². The lowest BCUT2D eigenvalue weighted by molar-refractivity contribution is -0.119. The second-order valence-corrected chi connectivity index (χ2v) is 7.01. The first-order valence-electron chi connectivity index (χ1n) is 10.2. The number of aromatic nitrogens is 1. The van der Waals surface area contributed by atoms with Crippen molar-refractivity contribution in [1.29, 1.82) is 0 Å². The molecule has 0 radical (unpaired) electrons. The maximum atomic E-state index is 12.6. The maximum absolute atomic E-state index is 12.6. The summed E-state index contributed by atoms with van der Waals surface area (Å²) in [5.74, 6) is -0.492. The molecule has 8 heteroatoms. The zero-order valence-corrected chi connectivity index (χ0v) is 18.9. The molecular formula is C23H30N4O4. The summed E-state index contributed by atoms with van der Waals surface area (Å²) in [7, 11) is 1.89. The Labute approximate surface area is 182 Å². The third kappa shape index (κ3) is 5.14. The molecule has 1 aliphatic rings. The molecule has 3 rings (SSSR count). The third-order valence-corrected chi connectivity index (χ3v) is 5.18. The summed E-state index contributed by atoms with van der Waals surface area (Å²) < 4.78 is 7.24. The number of amides is 3. The second kappa shape index (κ2) is 9.97. The van der Waals surface area contributed by atoms with Gasteiger partial charge in [0.15, 0.2) is 6.61 Å². The van der Waals surface area contributed by atoms with Gasteiger partial charge >= 0.3 is 0 Å². The van der Waals surface area contributed by atoms with Gasteiger partial charge in [-0.15, -0.1) is 0 Å². The molecule has 0 saturated carbocycles. The predicted octanol–water partition coefficient (Wildman–Crippen LogP) is 2.87. The number of nitrogens with one attached hydrogen (secondary N) is 3. The number of hydrogen-bond donors (Lipinski definition) is 3. The first kappa shape index (κ1) is 23.7. The van der Waals surface area contributed by atoms with Crippen LogP contribution >= 0.6 is 0 Å². The van der Waals surface area contributed by atoms with Gasteiger partial charge in [0.25, 0.3) is 17.7 Å². The molecule has 0 bridgehead atoms. The third-order valence-electron chi connectivity index (χ3n) is 5.18. The van der Waals surface area contributed by atoms with E-state index in [-0.39, 0.29) is 30.7 Å². The quantitative estimate of drug-likeness (QED) is 0.640. The Hall–Kier alpha value is -3.55. The van der Waals surface area contributed by atoms with Gasteiger partial charge in [0, 0.05) is 25.0 Å². The van der Waals surface area contributed by atoms with Crippen LogP contribution in [0.4, 0.5) is 5.69 Å². The molecule has 0 saturated heterocycles. The summed E-state index contributed by atoms with van der Waals surface area (Å²) in [6, 6.07) is 5.25. The van der Waals surface area contributed by atoms with E-state index in [4.69, 9.17) is 4.74 Å². The van der Waals surface area contributed by atoms with E-state index in [1.54, 1.807) is 18.2 Å². The Morgan fingerprint density at radius 1 is 1.19 bits per heavy atom.